The monoisotopic (exact) mass is 331 g/mol. The Hall–Kier alpha value is -2.60. The number of rotatable bonds is 6. The molecule has 0 bridgehead atoms. The van der Waals surface area contributed by atoms with Gasteiger partial charge in [-0.15, -0.1) is 11.8 Å². The van der Waals surface area contributed by atoms with Crippen LogP contribution < -0.4 is 10.5 Å². The zero-order chi connectivity index (χ0) is 16.8. The molecule has 0 heterocycles. The number of methoxy groups -OCH3 is 1. The summed E-state index contributed by atoms with van der Waals surface area (Å²) in [6.07, 6.45) is 1.58. The standard InChI is InChI=1S/C17H17NO4S/c1-22-13-5-2-11(3-6-13)10-23-16(17(18)21)9-12-4-7-14(19)15(20)8-12/h2-9,19-20H,10H2,1H3,(H2,18,21). The molecular formula is C17H17NO4S. The van der Waals surface area contributed by atoms with Crippen molar-refractivity contribution in [1.29, 1.82) is 0 Å². The van der Waals surface area contributed by atoms with E-state index in [1.54, 1.807) is 19.3 Å². The Labute approximate surface area is 138 Å². The lowest BCUT2D eigenvalue weighted by molar-refractivity contribution is -0.113. The van der Waals surface area contributed by atoms with Gasteiger partial charge in [-0.05, 0) is 41.5 Å². The summed E-state index contributed by atoms with van der Waals surface area (Å²) in [5.41, 5.74) is 7.01. The Kier molecular flexibility index (Phi) is 5.54. The van der Waals surface area contributed by atoms with Gasteiger partial charge in [-0.3, -0.25) is 4.79 Å². The molecule has 4 N–H and O–H groups in total. The van der Waals surface area contributed by atoms with Crippen molar-refractivity contribution in [2.75, 3.05) is 7.11 Å². The third-order valence-electron chi connectivity index (χ3n) is 3.09. The molecule has 0 saturated carbocycles. The maximum atomic E-state index is 11.6. The molecule has 0 fully saturated rings. The Bertz CT molecular complexity index is 726. The number of phenols is 2. The first-order valence-electron chi connectivity index (χ1n) is 6.79. The highest BCUT2D eigenvalue weighted by Gasteiger charge is 2.08. The van der Waals surface area contributed by atoms with Crippen molar-refractivity contribution in [3.8, 4) is 17.2 Å². The Morgan fingerprint density at radius 3 is 2.43 bits per heavy atom. The first-order valence-corrected chi connectivity index (χ1v) is 7.77. The minimum absolute atomic E-state index is 0.214. The van der Waals surface area contributed by atoms with Gasteiger partial charge in [0.1, 0.15) is 5.75 Å². The van der Waals surface area contributed by atoms with Crippen LogP contribution in [0.2, 0.25) is 0 Å². The highest BCUT2D eigenvalue weighted by atomic mass is 32.2. The van der Waals surface area contributed by atoms with Crippen LogP contribution in [0, 0.1) is 0 Å². The molecule has 6 heteroatoms. The Balaban J connectivity index is 2.12. The average Bonchev–Trinajstić information content (AvgIpc) is 2.55. The van der Waals surface area contributed by atoms with Gasteiger partial charge in [0.25, 0.3) is 5.91 Å². The molecule has 23 heavy (non-hydrogen) atoms. The van der Waals surface area contributed by atoms with Crippen molar-refractivity contribution < 1.29 is 19.7 Å². The van der Waals surface area contributed by atoms with E-state index < -0.39 is 5.91 Å². The molecule has 0 saturated heterocycles. The maximum absolute atomic E-state index is 11.6. The van der Waals surface area contributed by atoms with Crippen molar-refractivity contribution >= 4 is 23.7 Å². The van der Waals surface area contributed by atoms with E-state index in [0.717, 1.165) is 11.3 Å². The molecule has 0 aromatic heterocycles. The quantitative estimate of drug-likeness (QED) is 0.559. The lowest BCUT2D eigenvalue weighted by Gasteiger charge is -2.06. The molecule has 120 valence electrons. The number of carbonyl (C=O) groups excluding carboxylic acids is 1. The third-order valence-corrected chi connectivity index (χ3v) is 4.20. The van der Waals surface area contributed by atoms with Crippen LogP contribution in [0.4, 0.5) is 0 Å². The summed E-state index contributed by atoms with van der Waals surface area (Å²) >= 11 is 1.30. The van der Waals surface area contributed by atoms with E-state index in [2.05, 4.69) is 0 Å². The highest BCUT2D eigenvalue weighted by molar-refractivity contribution is 8.03. The molecule has 0 radical (unpaired) electrons. The predicted molar refractivity (Wildman–Crippen MR) is 91.2 cm³/mol. The van der Waals surface area contributed by atoms with Gasteiger partial charge in [0.15, 0.2) is 11.5 Å². The smallest absolute Gasteiger partial charge is 0.255 e. The average molecular weight is 331 g/mol. The van der Waals surface area contributed by atoms with Crippen molar-refractivity contribution in [3.05, 3.63) is 58.5 Å². The van der Waals surface area contributed by atoms with Gasteiger partial charge in [-0.25, -0.2) is 0 Å². The molecule has 0 unspecified atom stereocenters. The van der Waals surface area contributed by atoms with Crippen molar-refractivity contribution in [3.63, 3.8) is 0 Å². The molecule has 2 aromatic rings. The summed E-state index contributed by atoms with van der Waals surface area (Å²) in [5.74, 6) is 0.333. The van der Waals surface area contributed by atoms with Crippen LogP contribution in [-0.2, 0) is 10.5 Å². The number of nitrogens with two attached hydrogens (primary N) is 1. The Morgan fingerprint density at radius 2 is 1.87 bits per heavy atom. The predicted octanol–water partition coefficient (Wildman–Crippen LogP) is 2.87. The SMILES string of the molecule is COc1ccc(CSC(=Cc2ccc(O)c(O)c2)C(N)=O)cc1. The number of primary amides is 1. The lowest BCUT2D eigenvalue weighted by Crippen LogP contribution is -2.11. The first-order chi connectivity index (χ1) is 11.0. The van der Waals surface area contributed by atoms with Gasteiger partial charge in [0.2, 0.25) is 0 Å². The molecule has 0 aliphatic carbocycles. The van der Waals surface area contributed by atoms with E-state index in [9.17, 15) is 15.0 Å². The molecular weight excluding hydrogens is 314 g/mol. The van der Waals surface area contributed by atoms with Crippen LogP contribution in [0.1, 0.15) is 11.1 Å². The van der Waals surface area contributed by atoms with Gasteiger partial charge in [-0.1, -0.05) is 18.2 Å². The number of benzene rings is 2. The van der Waals surface area contributed by atoms with Gasteiger partial charge in [-0.2, -0.15) is 0 Å². The summed E-state index contributed by atoms with van der Waals surface area (Å²) < 4.78 is 5.10. The van der Waals surface area contributed by atoms with Crippen molar-refractivity contribution in [1.82, 2.24) is 0 Å². The van der Waals surface area contributed by atoms with E-state index in [1.807, 2.05) is 24.3 Å². The van der Waals surface area contributed by atoms with Gasteiger partial charge in [0.05, 0.1) is 12.0 Å². The van der Waals surface area contributed by atoms with Crippen molar-refractivity contribution in [2.24, 2.45) is 5.73 Å². The van der Waals surface area contributed by atoms with Crippen LogP contribution in [0.15, 0.2) is 47.4 Å². The summed E-state index contributed by atoms with van der Waals surface area (Å²) in [4.78, 5) is 11.9. The van der Waals surface area contributed by atoms with E-state index in [4.69, 9.17) is 10.5 Å². The summed E-state index contributed by atoms with van der Waals surface area (Å²) in [7, 11) is 1.60. The van der Waals surface area contributed by atoms with E-state index in [1.165, 1.54) is 23.9 Å². The van der Waals surface area contributed by atoms with E-state index in [0.29, 0.717) is 16.2 Å². The van der Waals surface area contributed by atoms with Crippen LogP contribution in [-0.4, -0.2) is 23.2 Å². The zero-order valence-corrected chi connectivity index (χ0v) is 13.3. The summed E-state index contributed by atoms with van der Waals surface area (Å²) in [6.45, 7) is 0. The highest BCUT2D eigenvalue weighted by Crippen LogP contribution is 2.29. The fourth-order valence-corrected chi connectivity index (χ4v) is 2.72. The van der Waals surface area contributed by atoms with Gasteiger partial charge in [0, 0.05) is 5.75 Å². The normalized spacial score (nSPS) is 11.3. The molecule has 1 amide bonds. The minimum Gasteiger partial charge on any atom is -0.504 e. The lowest BCUT2D eigenvalue weighted by atomic mass is 10.2. The molecule has 0 atom stereocenters. The minimum atomic E-state index is -0.545. The molecule has 0 spiro atoms. The number of thioether (sulfide) groups is 1. The van der Waals surface area contributed by atoms with Crippen LogP contribution in [0.3, 0.4) is 0 Å². The third kappa shape index (κ3) is 4.69. The number of aromatic hydroxyl groups is 2. The summed E-state index contributed by atoms with van der Waals surface area (Å²) in [6, 6.07) is 11.8. The number of ether oxygens (including phenoxy) is 1. The van der Waals surface area contributed by atoms with Crippen LogP contribution >= 0.6 is 11.8 Å². The summed E-state index contributed by atoms with van der Waals surface area (Å²) in [5, 5.41) is 18.8. The maximum Gasteiger partial charge on any atom is 0.255 e. The zero-order valence-electron chi connectivity index (χ0n) is 12.5. The first kappa shape index (κ1) is 16.8. The van der Waals surface area contributed by atoms with Crippen LogP contribution in [0.5, 0.6) is 17.2 Å². The molecule has 2 aromatic carbocycles. The van der Waals surface area contributed by atoms with E-state index in [-0.39, 0.29) is 11.5 Å². The van der Waals surface area contributed by atoms with E-state index >= 15 is 0 Å². The number of phenolic OH excluding ortho intramolecular Hbond substituents is 2. The molecule has 0 aliphatic heterocycles. The molecule has 5 nitrogen and oxygen atoms in total. The van der Waals surface area contributed by atoms with Gasteiger partial charge >= 0.3 is 0 Å². The van der Waals surface area contributed by atoms with Crippen molar-refractivity contribution in [2.45, 2.75) is 5.75 Å². The van der Waals surface area contributed by atoms with Crippen LogP contribution in [0.25, 0.3) is 6.08 Å². The second-order valence-corrected chi connectivity index (χ2v) is 5.77. The second kappa shape index (κ2) is 7.60. The number of hydrogen-bond acceptors (Lipinski definition) is 5. The number of amides is 1. The fourth-order valence-electron chi connectivity index (χ4n) is 1.85. The molecule has 0 aliphatic rings. The largest absolute Gasteiger partial charge is 0.504 e. The number of carbonyl (C=O) groups is 1. The fraction of sp³-hybridized carbons (Fsp3) is 0.118. The molecule has 2 rings (SSSR count). The van der Waals surface area contributed by atoms with Gasteiger partial charge < -0.3 is 20.7 Å². The number of hydrogen-bond donors (Lipinski definition) is 3. The second-order valence-electron chi connectivity index (χ2n) is 4.76. The Morgan fingerprint density at radius 1 is 1.17 bits per heavy atom. The topological polar surface area (TPSA) is 92.8 Å².